The number of thiazole rings is 1. The van der Waals surface area contributed by atoms with Gasteiger partial charge in [-0.15, -0.1) is 11.3 Å². The Morgan fingerprint density at radius 2 is 1.94 bits per heavy atom. The van der Waals surface area contributed by atoms with Gasteiger partial charge in [-0.2, -0.15) is 0 Å². The number of rotatable bonds is 10. The number of aromatic nitrogens is 3. The molecule has 2 saturated heterocycles. The van der Waals surface area contributed by atoms with Gasteiger partial charge in [0.2, 0.25) is 11.8 Å². The third-order valence-corrected chi connectivity index (χ3v) is 14.4. The first-order valence-corrected chi connectivity index (χ1v) is 23.4. The number of benzene rings is 1. The fourth-order valence-electron chi connectivity index (χ4n) is 9.84. The van der Waals surface area contributed by atoms with E-state index in [0.717, 1.165) is 45.4 Å². The number of fused-ring (bicyclic) bond motifs is 6. The van der Waals surface area contributed by atoms with Gasteiger partial charge in [-0.3, -0.25) is 29.2 Å². The van der Waals surface area contributed by atoms with E-state index in [4.69, 9.17) is 24.2 Å². The maximum atomic E-state index is 14.8. The number of esters is 1. The highest BCUT2D eigenvalue weighted by Gasteiger charge is 2.58. The monoisotopic (exact) mass is 882 g/mol. The second-order valence-electron chi connectivity index (χ2n) is 18.3. The van der Waals surface area contributed by atoms with Crippen molar-refractivity contribution >= 4 is 45.9 Å². The summed E-state index contributed by atoms with van der Waals surface area (Å²) in [7, 11) is 3.58. The molecule has 3 aliphatic heterocycles. The first-order chi connectivity index (χ1) is 30.3. The number of aryl methyl sites for hydroxylation is 1. The Labute approximate surface area is 373 Å². The summed E-state index contributed by atoms with van der Waals surface area (Å²) >= 11 is 1.37. The van der Waals surface area contributed by atoms with Crippen LogP contribution in [0.25, 0.3) is 33.4 Å². The van der Waals surface area contributed by atoms with Gasteiger partial charge >= 0.3 is 5.97 Å². The van der Waals surface area contributed by atoms with Crippen LogP contribution in [0, 0.1) is 23.2 Å². The molecule has 3 aromatic heterocycles. The lowest BCUT2D eigenvalue weighted by molar-refractivity contribution is -0.156. The van der Waals surface area contributed by atoms with Crippen molar-refractivity contribution in [1.82, 2.24) is 40.5 Å². The number of cyclic esters (lactones) is 1. The average Bonchev–Trinajstić information content (AvgIpc) is 3.68. The fraction of sp³-hybridized carbons (Fsp3) is 0.574. The number of carbonyl (C=O) groups excluding carboxylic acids is 4. The topological polar surface area (TPSA) is 169 Å². The predicted octanol–water partition coefficient (Wildman–Crippen LogP) is 5.44. The van der Waals surface area contributed by atoms with Gasteiger partial charge in [0.15, 0.2) is 0 Å². The number of likely N-dealkylation sites (N-methyl/N-ethyl adjacent to an activating group) is 1. The molecule has 1 aliphatic carbocycles. The van der Waals surface area contributed by atoms with Crippen molar-refractivity contribution in [2.24, 2.45) is 23.2 Å². The van der Waals surface area contributed by atoms with Crippen LogP contribution < -0.4 is 16.1 Å². The smallest absolute Gasteiger partial charge is 0.324 e. The van der Waals surface area contributed by atoms with Crippen molar-refractivity contribution < 1.29 is 33.4 Å². The molecular formula is C47H62N8O7S. The standard InChI is InChI=1S/C47H62N8O7S/c1-9-54-35-16-15-28-21-31(35)32(40(54)30-13-11-18-49-38(30)27(4)60-8)22-47(5,6)25-62-46(59)33-14-12-19-55(52-33)45(58)39(41(61-10-2)43-50-34(28)24-63-43)51-42(56)36-26(3)37(36)44(57)53-20-17-29(23-53)48-7/h11,13,15-16,18,21,24,26-27,29,33,36-37,39,41,48,52H,9-10,12,14,17,19-20,22-23,25H2,1-8H3,(H,51,56)/t26-,27+,29+,33+,36-,37-,39+,41+/m1/s1. The van der Waals surface area contributed by atoms with Crippen molar-refractivity contribution in [3.63, 3.8) is 0 Å². The van der Waals surface area contributed by atoms with Crippen LogP contribution in [-0.2, 0) is 46.4 Å². The molecule has 1 saturated carbocycles. The highest BCUT2D eigenvalue weighted by molar-refractivity contribution is 7.10. The lowest BCUT2D eigenvalue weighted by Crippen LogP contribution is -2.61. The molecule has 3 fully saturated rings. The van der Waals surface area contributed by atoms with Crippen LogP contribution in [0.3, 0.4) is 0 Å². The number of nitrogens with zero attached hydrogens (tertiary/aromatic N) is 5. The second-order valence-corrected chi connectivity index (χ2v) is 19.2. The number of carbonyl (C=O) groups is 4. The summed E-state index contributed by atoms with van der Waals surface area (Å²) < 4.78 is 20.6. The van der Waals surface area contributed by atoms with Gasteiger partial charge in [-0.25, -0.2) is 10.4 Å². The first kappa shape index (κ1) is 44.9. The summed E-state index contributed by atoms with van der Waals surface area (Å²) in [5.41, 5.74) is 9.25. The maximum Gasteiger partial charge on any atom is 0.324 e. The van der Waals surface area contributed by atoms with Crippen LogP contribution in [-0.4, -0.2) is 113 Å². The normalized spacial score (nSPS) is 26.6. The van der Waals surface area contributed by atoms with Crippen molar-refractivity contribution in [3.05, 3.63) is 58.2 Å². The SMILES string of the molecule is CCO[C@@H]1c2nc(cs2)-c2ccc3c(c2)c(c(-c2cccnc2[C@H](C)OC)n3CC)CC(C)(C)COC(=O)[C@@H]2CCCN(N2)C(=O)[C@H]1NC(=O)[C@@H]1[C@@H](C)[C@H]1C(=O)N1CC[C@H](NC)C1. The molecule has 0 unspecified atom stereocenters. The van der Waals surface area contributed by atoms with Gasteiger partial charge in [0, 0.05) is 85.0 Å². The van der Waals surface area contributed by atoms with E-state index in [2.05, 4.69) is 65.7 Å². The molecule has 15 nitrogen and oxygen atoms in total. The summed E-state index contributed by atoms with van der Waals surface area (Å²) in [4.78, 5) is 68.5. The van der Waals surface area contributed by atoms with Gasteiger partial charge in [0.1, 0.15) is 23.2 Å². The summed E-state index contributed by atoms with van der Waals surface area (Å²) in [6, 6.07) is 8.65. The third kappa shape index (κ3) is 8.76. The summed E-state index contributed by atoms with van der Waals surface area (Å²) in [6.45, 7) is 14.7. The highest BCUT2D eigenvalue weighted by atomic mass is 32.1. The van der Waals surface area contributed by atoms with Crippen LogP contribution >= 0.6 is 11.3 Å². The van der Waals surface area contributed by atoms with Gasteiger partial charge in [0.05, 0.1) is 41.6 Å². The minimum Gasteiger partial charge on any atom is -0.464 e. The molecule has 16 heteroatoms. The van der Waals surface area contributed by atoms with Crippen LogP contribution in [0.15, 0.2) is 41.9 Å². The van der Waals surface area contributed by atoms with Crippen LogP contribution in [0.2, 0.25) is 0 Å². The number of hydrogen-bond donors (Lipinski definition) is 3. The molecule has 63 heavy (non-hydrogen) atoms. The Morgan fingerprint density at radius 1 is 1.13 bits per heavy atom. The number of hydrazine groups is 1. The van der Waals surface area contributed by atoms with Gasteiger partial charge in [-0.05, 0) is 89.2 Å². The Kier molecular flexibility index (Phi) is 13.1. The number of amides is 3. The summed E-state index contributed by atoms with van der Waals surface area (Å²) in [6.07, 6.45) is 3.03. The van der Waals surface area contributed by atoms with Crippen molar-refractivity contribution in [3.8, 4) is 22.5 Å². The van der Waals surface area contributed by atoms with E-state index in [1.807, 2.05) is 44.2 Å². The molecule has 3 amide bonds. The first-order valence-electron chi connectivity index (χ1n) is 22.5. The van der Waals surface area contributed by atoms with E-state index in [1.54, 1.807) is 13.3 Å². The zero-order valence-corrected chi connectivity index (χ0v) is 38.5. The number of nitrogens with one attached hydrogen (secondary N) is 3. The molecule has 0 spiro atoms. The lowest BCUT2D eigenvalue weighted by Gasteiger charge is -2.37. The van der Waals surface area contributed by atoms with Crippen molar-refractivity contribution in [2.75, 3.05) is 47.0 Å². The maximum absolute atomic E-state index is 14.8. The molecule has 0 radical (unpaired) electrons. The minimum atomic E-state index is -1.21. The van der Waals surface area contributed by atoms with Crippen LogP contribution in [0.5, 0.6) is 0 Å². The van der Waals surface area contributed by atoms with E-state index >= 15 is 0 Å². The molecule has 8 rings (SSSR count). The number of likely N-dealkylation sites (tertiary alicyclic amines) is 1. The molecule has 6 bridgehead atoms. The largest absolute Gasteiger partial charge is 0.464 e. The predicted molar refractivity (Wildman–Crippen MR) is 240 cm³/mol. The minimum absolute atomic E-state index is 0.0310. The van der Waals surface area contributed by atoms with E-state index in [0.29, 0.717) is 56.1 Å². The molecule has 8 atom stereocenters. The molecule has 4 aromatic rings. The Hall–Kier alpha value is -4.74. The molecule has 338 valence electrons. The molecular weight excluding hydrogens is 821 g/mol. The Balaban J connectivity index is 1.21. The fourth-order valence-corrected chi connectivity index (χ4v) is 10.7. The van der Waals surface area contributed by atoms with Gasteiger partial charge in [0.25, 0.3) is 5.91 Å². The van der Waals surface area contributed by atoms with Crippen LogP contribution in [0.4, 0.5) is 0 Å². The summed E-state index contributed by atoms with van der Waals surface area (Å²) in [5.74, 6) is -2.58. The molecule has 1 aromatic carbocycles. The van der Waals surface area contributed by atoms with Crippen molar-refractivity contribution in [2.45, 2.75) is 104 Å². The zero-order valence-electron chi connectivity index (χ0n) is 37.7. The van der Waals surface area contributed by atoms with Gasteiger partial charge in [-0.1, -0.05) is 26.8 Å². The van der Waals surface area contributed by atoms with E-state index in [-0.39, 0.29) is 43.1 Å². The Morgan fingerprint density at radius 3 is 2.67 bits per heavy atom. The third-order valence-electron chi connectivity index (χ3n) is 13.5. The van der Waals surface area contributed by atoms with Crippen LogP contribution in [0.1, 0.15) is 89.3 Å². The van der Waals surface area contributed by atoms with E-state index in [1.165, 1.54) is 16.3 Å². The number of pyridine rings is 1. The average molecular weight is 883 g/mol. The number of ether oxygens (including phenoxy) is 3. The van der Waals surface area contributed by atoms with E-state index < -0.39 is 47.3 Å². The zero-order chi connectivity index (χ0) is 44.7. The number of hydrogen-bond acceptors (Lipinski definition) is 12. The Bertz CT molecular complexity index is 2360. The molecule has 4 aliphatic rings. The molecule has 6 heterocycles. The quantitative estimate of drug-likeness (QED) is 0.174. The second kappa shape index (κ2) is 18.4. The molecule has 3 N–H and O–H groups in total. The number of methoxy groups -OCH3 is 1. The van der Waals surface area contributed by atoms with Crippen molar-refractivity contribution in [1.29, 1.82) is 0 Å². The van der Waals surface area contributed by atoms with E-state index in [9.17, 15) is 19.2 Å². The van der Waals surface area contributed by atoms with Gasteiger partial charge < -0.3 is 34.3 Å². The highest BCUT2D eigenvalue weighted by Crippen LogP contribution is 2.48. The lowest BCUT2D eigenvalue weighted by atomic mass is 9.84. The summed E-state index contributed by atoms with van der Waals surface area (Å²) in [5, 5.41) is 11.3.